The minimum absolute atomic E-state index is 0.196. The molecule has 0 spiro atoms. The van der Waals surface area contributed by atoms with Crippen LogP contribution in [0.3, 0.4) is 0 Å². The van der Waals surface area contributed by atoms with E-state index in [9.17, 15) is 14.4 Å². The molecule has 0 saturated carbocycles. The van der Waals surface area contributed by atoms with E-state index in [2.05, 4.69) is 15.3 Å². The SMILES string of the molecule is COc1ccccc1C1CNCCN1C(=O)c1cnc2c(c1)c(=O)[nH]c(=O)n2C. The number of carbonyl (C=O) groups is 1. The molecule has 4 rings (SSSR count). The summed E-state index contributed by atoms with van der Waals surface area (Å²) in [6.07, 6.45) is 1.41. The molecule has 9 heteroatoms. The van der Waals surface area contributed by atoms with Crippen LogP contribution in [0.2, 0.25) is 0 Å². The van der Waals surface area contributed by atoms with Crippen LogP contribution in [-0.4, -0.2) is 52.1 Å². The number of aryl methyl sites for hydroxylation is 1. The molecule has 1 amide bonds. The average molecular weight is 395 g/mol. The van der Waals surface area contributed by atoms with E-state index in [1.54, 1.807) is 12.0 Å². The van der Waals surface area contributed by atoms with E-state index in [0.717, 1.165) is 5.56 Å². The lowest BCUT2D eigenvalue weighted by atomic mass is 10.0. The predicted octanol–water partition coefficient (Wildman–Crippen LogP) is 0.417. The number of fused-ring (bicyclic) bond motifs is 1. The van der Waals surface area contributed by atoms with Crippen molar-refractivity contribution >= 4 is 16.9 Å². The number of aromatic nitrogens is 3. The maximum absolute atomic E-state index is 13.3. The molecule has 150 valence electrons. The Morgan fingerprint density at radius 3 is 2.86 bits per heavy atom. The monoisotopic (exact) mass is 395 g/mol. The van der Waals surface area contributed by atoms with E-state index in [1.165, 1.54) is 23.9 Å². The maximum Gasteiger partial charge on any atom is 0.329 e. The van der Waals surface area contributed by atoms with Gasteiger partial charge in [-0.05, 0) is 12.1 Å². The van der Waals surface area contributed by atoms with Gasteiger partial charge in [0, 0.05) is 38.4 Å². The fourth-order valence-corrected chi connectivity index (χ4v) is 3.69. The zero-order valence-corrected chi connectivity index (χ0v) is 16.1. The number of para-hydroxylation sites is 1. The molecular formula is C20H21N5O4. The maximum atomic E-state index is 13.3. The van der Waals surface area contributed by atoms with Crippen LogP contribution in [0.4, 0.5) is 0 Å². The van der Waals surface area contributed by atoms with Gasteiger partial charge >= 0.3 is 5.69 Å². The second kappa shape index (κ2) is 7.51. The standard InChI is InChI=1S/C20H21N5O4/c1-24-17-14(18(26)23-20(24)28)9-12(10-22-17)19(27)25-8-7-21-11-15(25)13-5-3-4-6-16(13)29-2/h3-6,9-10,15,21H,7-8,11H2,1-2H3,(H,23,26,28). The van der Waals surface area contributed by atoms with E-state index in [1.807, 2.05) is 24.3 Å². The number of amides is 1. The molecule has 0 aliphatic carbocycles. The topological polar surface area (TPSA) is 109 Å². The molecule has 3 heterocycles. The highest BCUT2D eigenvalue weighted by Gasteiger charge is 2.30. The van der Waals surface area contributed by atoms with Crippen LogP contribution in [0.5, 0.6) is 5.75 Å². The molecule has 1 aliphatic rings. The Kier molecular flexibility index (Phi) is 4.89. The third-order valence-corrected chi connectivity index (χ3v) is 5.20. The quantitative estimate of drug-likeness (QED) is 0.665. The summed E-state index contributed by atoms with van der Waals surface area (Å²) >= 11 is 0. The van der Waals surface area contributed by atoms with Crippen LogP contribution >= 0.6 is 0 Å². The average Bonchev–Trinajstić information content (AvgIpc) is 2.76. The third kappa shape index (κ3) is 3.29. The molecule has 1 saturated heterocycles. The molecule has 0 radical (unpaired) electrons. The smallest absolute Gasteiger partial charge is 0.329 e. The van der Waals surface area contributed by atoms with E-state index in [-0.39, 0.29) is 23.0 Å². The number of H-pyrrole nitrogens is 1. The van der Waals surface area contributed by atoms with E-state index in [0.29, 0.717) is 30.9 Å². The molecule has 1 atom stereocenters. The first-order chi connectivity index (χ1) is 14.0. The van der Waals surface area contributed by atoms with Gasteiger partial charge in [-0.2, -0.15) is 0 Å². The van der Waals surface area contributed by atoms with Crippen molar-refractivity contribution in [3.05, 3.63) is 68.5 Å². The fraction of sp³-hybridized carbons (Fsp3) is 0.300. The van der Waals surface area contributed by atoms with Gasteiger partial charge in [-0.3, -0.25) is 19.1 Å². The van der Waals surface area contributed by atoms with Crippen LogP contribution in [0.25, 0.3) is 11.0 Å². The Labute approximate surface area is 165 Å². The Morgan fingerprint density at radius 1 is 1.28 bits per heavy atom. The summed E-state index contributed by atoms with van der Waals surface area (Å²) in [5.74, 6) is 0.479. The van der Waals surface area contributed by atoms with Crippen molar-refractivity contribution in [3.63, 3.8) is 0 Å². The largest absolute Gasteiger partial charge is 0.496 e. The predicted molar refractivity (Wildman–Crippen MR) is 107 cm³/mol. The molecule has 2 aromatic heterocycles. The van der Waals surface area contributed by atoms with Gasteiger partial charge in [-0.15, -0.1) is 0 Å². The van der Waals surface area contributed by atoms with Crippen LogP contribution in [0.15, 0.2) is 46.1 Å². The number of methoxy groups -OCH3 is 1. The lowest BCUT2D eigenvalue weighted by Crippen LogP contribution is -2.48. The fourth-order valence-electron chi connectivity index (χ4n) is 3.69. The molecule has 1 unspecified atom stereocenters. The second-order valence-electron chi connectivity index (χ2n) is 6.87. The van der Waals surface area contributed by atoms with Gasteiger partial charge in [0.15, 0.2) is 0 Å². The van der Waals surface area contributed by atoms with Crippen molar-refractivity contribution in [2.24, 2.45) is 7.05 Å². The number of nitrogens with zero attached hydrogens (tertiary/aromatic N) is 3. The number of hydrogen-bond acceptors (Lipinski definition) is 6. The lowest BCUT2D eigenvalue weighted by Gasteiger charge is -2.37. The van der Waals surface area contributed by atoms with Crippen LogP contribution in [0.1, 0.15) is 22.0 Å². The van der Waals surface area contributed by atoms with Crippen LogP contribution in [-0.2, 0) is 7.05 Å². The summed E-state index contributed by atoms with van der Waals surface area (Å²) in [5.41, 5.74) is 0.323. The summed E-state index contributed by atoms with van der Waals surface area (Å²) in [7, 11) is 3.12. The van der Waals surface area contributed by atoms with Crippen molar-refractivity contribution in [3.8, 4) is 5.75 Å². The number of nitrogens with one attached hydrogen (secondary N) is 2. The number of carbonyl (C=O) groups excluding carboxylic acids is 1. The second-order valence-corrected chi connectivity index (χ2v) is 6.87. The molecule has 2 N–H and O–H groups in total. The summed E-state index contributed by atoms with van der Waals surface area (Å²) in [4.78, 5) is 45.5. The first-order valence-corrected chi connectivity index (χ1v) is 9.25. The van der Waals surface area contributed by atoms with Gasteiger partial charge in [0.2, 0.25) is 0 Å². The molecule has 1 aromatic carbocycles. The van der Waals surface area contributed by atoms with Gasteiger partial charge < -0.3 is 15.0 Å². The number of aromatic amines is 1. The van der Waals surface area contributed by atoms with E-state index >= 15 is 0 Å². The molecular weight excluding hydrogens is 374 g/mol. The number of piperazine rings is 1. The number of rotatable bonds is 3. The van der Waals surface area contributed by atoms with Gasteiger partial charge in [0.05, 0.1) is 24.1 Å². The highest BCUT2D eigenvalue weighted by Crippen LogP contribution is 2.31. The zero-order valence-electron chi connectivity index (χ0n) is 16.1. The van der Waals surface area contributed by atoms with Crippen molar-refractivity contribution < 1.29 is 9.53 Å². The zero-order chi connectivity index (χ0) is 20.5. The number of benzene rings is 1. The Morgan fingerprint density at radius 2 is 2.07 bits per heavy atom. The minimum atomic E-state index is -0.563. The first kappa shape index (κ1) is 18.9. The Balaban J connectivity index is 1.76. The first-order valence-electron chi connectivity index (χ1n) is 9.25. The molecule has 3 aromatic rings. The van der Waals surface area contributed by atoms with Crippen molar-refractivity contribution in [1.29, 1.82) is 0 Å². The van der Waals surface area contributed by atoms with E-state index < -0.39 is 11.2 Å². The highest BCUT2D eigenvalue weighted by atomic mass is 16.5. The Bertz CT molecular complexity index is 1200. The summed E-state index contributed by atoms with van der Waals surface area (Å²) < 4.78 is 6.72. The minimum Gasteiger partial charge on any atom is -0.496 e. The summed E-state index contributed by atoms with van der Waals surface area (Å²) in [6, 6.07) is 8.87. The van der Waals surface area contributed by atoms with Gasteiger partial charge in [0.25, 0.3) is 11.5 Å². The summed E-state index contributed by atoms with van der Waals surface area (Å²) in [5, 5.41) is 3.51. The summed E-state index contributed by atoms with van der Waals surface area (Å²) in [6.45, 7) is 1.75. The van der Waals surface area contributed by atoms with Crippen molar-refractivity contribution in [1.82, 2.24) is 24.8 Å². The van der Waals surface area contributed by atoms with Crippen molar-refractivity contribution in [2.75, 3.05) is 26.7 Å². The molecule has 0 bridgehead atoms. The van der Waals surface area contributed by atoms with Crippen molar-refractivity contribution in [2.45, 2.75) is 6.04 Å². The molecule has 1 fully saturated rings. The van der Waals surface area contributed by atoms with Gasteiger partial charge in [-0.1, -0.05) is 18.2 Å². The van der Waals surface area contributed by atoms with Crippen LogP contribution < -0.4 is 21.3 Å². The molecule has 1 aliphatic heterocycles. The number of pyridine rings is 1. The normalized spacial score (nSPS) is 16.8. The lowest BCUT2D eigenvalue weighted by molar-refractivity contribution is 0.0631. The van der Waals surface area contributed by atoms with E-state index in [4.69, 9.17) is 4.74 Å². The number of hydrogen-bond donors (Lipinski definition) is 2. The van der Waals surface area contributed by atoms with Crippen LogP contribution in [0, 0.1) is 0 Å². The van der Waals surface area contributed by atoms with Gasteiger partial charge in [-0.25, -0.2) is 9.78 Å². The molecule has 29 heavy (non-hydrogen) atoms. The third-order valence-electron chi connectivity index (χ3n) is 5.20. The Hall–Kier alpha value is -3.46. The number of ether oxygens (including phenoxy) is 1. The molecule has 9 nitrogen and oxygen atoms in total. The highest BCUT2D eigenvalue weighted by molar-refractivity contribution is 5.97. The van der Waals surface area contributed by atoms with Gasteiger partial charge in [0.1, 0.15) is 11.4 Å².